The summed E-state index contributed by atoms with van der Waals surface area (Å²) in [6.45, 7) is 2.88. The van der Waals surface area contributed by atoms with Crippen LogP contribution in [0.25, 0.3) is 10.9 Å². The summed E-state index contributed by atoms with van der Waals surface area (Å²) in [5, 5.41) is 0.979. The van der Waals surface area contributed by atoms with Gasteiger partial charge in [-0.05, 0) is 30.7 Å². The van der Waals surface area contributed by atoms with Crippen LogP contribution in [0.2, 0.25) is 0 Å². The predicted molar refractivity (Wildman–Crippen MR) is 87.2 cm³/mol. The van der Waals surface area contributed by atoms with Crippen molar-refractivity contribution in [2.75, 3.05) is 17.7 Å². The summed E-state index contributed by atoms with van der Waals surface area (Å²) in [6, 6.07) is 14.2. The standard InChI is InChI=1S/C17H18N4/c1-12-3-5-13(6-4-12)10-21(2)17-15-9-14(18)7-8-16(15)19-11-20-17/h3-9,11H,10,18H2,1-2H3. The maximum Gasteiger partial charge on any atom is 0.139 e. The third-order valence-corrected chi connectivity index (χ3v) is 3.54. The molecule has 1 aromatic heterocycles. The average Bonchev–Trinajstić information content (AvgIpc) is 2.49. The van der Waals surface area contributed by atoms with Crippen molar-refractivity contribution >= 4 is 22.4 Å². The van der Waals surface area contributed by atoms with Crippen LogP contribution in [0.1, 0.15) is 11.1 Å². The molecule has 106 valence electrons. The van der Waals surface area contributed by atoms with Crippen LogP contribution < -0.4 is 10.6 Å². The zero-order valence-electron chi connectivity index (χ0n) is 12.2. The molecule has 2 N–H and O–H groups in total. The van der Waals surface area contributed by atoms with E-state index in [-0.39, 0.29) is 0 Å². The Morgan fingerprint density at radius 2 is 1.81 bits per heavy atom. The van der Waals surface area contributed by atoms with Crippen molar-refractivity contribution in [3.63, 3.8) is 0 Å². The minimum absolute atomic E-state index is 0.724. The quantitative estimate of drug-likeness (QED) is 0.748. The molecule has 3 aromatic rings. The lowest BCUT2D eigenvalue weighted by molar-refractivity contribution is 0.900. The first-order valence-corrected chi connectivity index (χ1v) is 6.90. The van der Waals surface area contributed by atoms with Crippen LogP contribution in [0.4, 0.5) is 11.5 Å². The number of benzene rings is 2. The molecule has 2 aromatic carbocycles. The number of fused-ring (bicyclic) bond motifs is 1. The molecule has 1 heterocycles. The smallest absolute Gasteiger partial charge is 0.139 e. The van der Waals surface area contributed by atoms with Crippen LogP contribution in [0.3, 0.4) is 0 Å². The zero-order valence-corrected chi connectivity index (χ0v) is 12.2. The summed E-state index contributed by atoms with van der Waals surface area (Å²) in [7, 11) is 2.03. The Morgan fingerprint density at radius 3 is 2.57 bits per heavy atom. The molecule has 0 saturated carbocycles. The molecule has 0 saturated heterocycles. The van der Waals surface area contributed by atoms with Gasteiger partial charge in [0.1, 0.15) is 12.1 Å². The second-order valence-electron chi connectivity index (χ2n) is 5.32. The molecule has 0 fully saturated rings. The molecule has 0 amide bonds. The van der Waals surface area contributed by atoms with Crippen molar-refractivity contribution in [3.05, 3.63) is 59.9 Å². The molecular weight excluding hydrogens is 260 g/mol. The number of nitrogens with zero attached hydrogens (tertiary/aromatic N) is 3. The Kier molecular flexibility index (Phi) is 3.44. The van der Waals surface area contributed by atoms with Gasteiger partial charge in [0.2, 0.25) is 0 Å². The topological polar surface area (TPSA) is 55.0 Å². The molecule has 0 unspecified atom stereocenters. The van der Waals surface area contributed by atoms with Crippen LogP contribution in [0.5, 0.6) is 0 Å². The van der Waals surface area contributed by atoms with E-state index in [1.54, 1.807) is 6.33 Å². The highest BCUT2D eigenvalue weighted by molar-refractivity contribution is 5.91. The summed E-state index contributed by atoms with van der Waals surface area (Å²) in [5.41, 5.74) is 10.0. The van der Waals surface area contributed by atoms with Crippen LogP contribution in [0, 0.1) is 6.92 Å². The molecule has 21 heavy (non-hydrogen) atoms. The van der Waals surface area contributed by atoms with Gasteiger partial charge in [0.05, 0.1) is 5.52 Å². The molecule has 0 spiro atoms. The van der Waals surface area contributed by atoms with E-state index in [4.69, 9.17) is 5.73 Å². The molecule has 0 aliphatic heterocycles. The van der Waals surface area contributed by atoms with Crippen LogP contribution in [0.15, 0.2) is 48.8 Å². The van der Waals surface area contributed by atoms with Gasteiger partial charge in [0.25, 0.3) is 0 Å². The number of rotatable bonds is 3. The van der Waals surface area contributed by atoms with E-state index < -0.39 is 0 Å². The highest BCUT2D eigenvalue weighted by Crippen LogP contribution is 2.25. The maximum absolute atomic E-state index is 5.89. The summed E-state index contributed by atoms with van der Waals surface area (Å²) in [5.74, 6) is 0.896. The molecule has 3 rings (SSSR count). The molecule has 4 nitrogen and oxygen atoms in total. The summed E-state index contributed by atoms with van der Waals surface area (Å²) in [6.07, 6.45) is 1.60. The molecule has 0 radical (unpaired) electrons. The van der Waals surface area contributed by atoms with Gasteiger partial charge < -0.3 is 10.6 Å². The van der Waals surface area contributed by atoms with Gasteiger partial charge in [-0.2, -0.15) is 0 Å². The second-order valence-corrected chi connectivity index (χ2v) is 5.32. The van der Waals surface area contributed by atoms with Crippen molar-refractivity contribution < 1.29 is 0 Å². The molecular formula is C17H18N4. The molecule has 0 bridgehead atoms. The van der Waals surface area contributed by atoms with E-state index in [2.05, 4.69) is 46.1 Å². The molecule has 0 aliphatic carbocycles. The lowest BCUT2D eigenvalue weighted by Crippen LogP contribution is -2.18. The summed E-state index contributed by atoms with van der Waals surface area (Å²) < 4.78 is 0. The Balaban J connectivity index is 1.95. The normalized spacial score (nSPS) is 10.8. The van der Waals surface area contributed by atoms with Crippen molar-refractivity contribution in [1.29, 1.82) is 0 Å². The van der Waals surface area contributed by atoms with E-state index in [1.807, 2.05) is 25.2 Å². The lowest BCUT2D eigenvalue weighted by atomic mass is 10.1. The Hall–Kier alpha value is -2.62. The van der Waals surface area contributed by atoms with E-state index >= 15 is 0 Å². The van der Waals surface area contributed by atoms with Crippen molar-refractivity contribution in [3.8, 4) is 0 Å². The number of hydrogen-bond acceptors (Lipinski definition) is 4. The Bertz CT molecular complexity index is 765. The van der Waals surface area contributed by atoms with Gasteiger partial charge in [-0.3, -0.25) is 0 Å². The third-order valence-electron chi connectivity index (χ3n) is 3.54. The number of aryl methyl sites for hydroxylation is 1. The van der Waals surface area contributed by atoms with Gasteiger partial charge in [-0.25, -0.2) is 9.97 Å². The minimum Gasteiger partial charge on any atom is -0.399 e. The predicted octanol–water partition coefficient (Wildman–Crippen LogP) is 3.16. The minimum atomic E-state index is 0.724. The largest absolute Gasteiger partial charge is 0.399 e. The lowest BCUT2D eigenvalue weighted by Gasteiger charge is -2.20. The van der Waals surface area contributed by atoms with Gasteiger partial charge in [-0.1, -0.05) is 29.8 Å². The second kappa shape index (κ2) is 5.40. The fourth-order valence-corrected chi connectivity index (χ4v) is 2.41. The van der Waals surface area contributed by atoms with E-state index in [1.165, 1.54) is 11.1 Å². The number of nitrogen functional groups attached to an aromatic ring is 1. The third kappa shape index (κ3) is 2.79. The van der Waals surface area contributed by atoms with Gasteiger partial charge in [0.15, 0.2) is 0 Å². The first kappa shape index (κ1) is 13.4. The fraction of sp³-hybridized carbons (Fsp3) is 0.176. The van der Waals surface area contributed by atoms with Crippen molar-refractivity contribution in [2.45, 2.75) is 13.5 Å². The zero-order chi connectivity index (χ0) is 14.8. The summed E-state index contributed by atoms with van der Waals surface area (Å²) >= 11 is 0. The molecule has 4 heteroatoms. The van der Waals surface area contributed by atoms with Crippen molar-refractivity contribution in [1.82, 2.24) is 9.97 Å². The Labute approximate surface area is 124 Å². The van der Waals surface area contributed by atoms with E-state index in [0.717, 1.165) is 29.0 Å². The van der Waals surface area contributed by atoms with Gasteiger partial charge in [-0.15, -0.1) is 0 Å². The SMILES string of the molecule is Cc1ccc(CN(C)c2ncnc3ccc(N)cc23)cc1. The average molecular weight is 278 g/mol. The summed E-state index contributed by atoms with van der Waals surface area (Å²) in [4.78, 5) is 10.8. The first-order valence-electron chi connectivity index (χ1n) is 6.90. The Morgan fingerprint density at radius 1 is 1.05 bits per heavy atom. The monoisotopic (exact) mass is 278 g/mol. The number of aromatic nitrogens is 2. The molecule has 0 atom stereocenters. The van der Waals surface area contributed by atoms with E-state index in [9.17, 15) is 0 Å². The molecule has 0 aliphatic rings. The van der Waals surface area contributed by atoms with E-state index in [0.29, 0.717) is 0 Å². The van der Waals surface area contributed by atoms with Crippen LogP contribution >= 0.6 is 0 Å². The van der Waals surface area contributed by atoms with Gasteiger partial charge in [0, 0.05) is 24.7 Å². The number of hydrogen-bond donors (Lipinski definition) is 1. The van der Waals surface area contributed by atoms with Crippen LogP contribution in [-0.2, 0) is 6.54 Å². The highest BCUT2D eigenvalue weighted by Gasteiger charge is 2.09. The first-order chi connectivity index (χ1) is 10.1. The van der Waals surface area contributed by atoms with Gasteiger partial charge >= 0.3 is 0 Å². The van der Waals surface area contributed by atoms with Crippen LogP contribution in [-0.4, -0.2) is 17.0 Å². The number of nitrogens with two attached hydrogens (primary N) is 1. The maximum atomic E-state index is 5.89. The highest BCUT2D eigenvalue weighted by atomic mass is 15.2. The number of anilines is 2. The van der Waals surface area contributed by atoms with Crippen molar-refractivity contribution in [2.24, 2.45) is 0 Å². The fourth-order valence-electron chi connectivity index (χ4n) is 2.41.